The molecule has 0 aliphatic carbocycles. The first-order chi connectivity index (χ1) is 13.9. The highest BCUT2D eigenvalue weighted by atomic mass is 79.9. The van der Waals surface area contributed by atoms with E-state index in [0.29, 0.717) is 56.6 Å². The largest absolute Gasteiger partial charge is 0.466 e. The number of fused-ring (bicyclic) bond motifs is 1. The van der Waals surface area contributed by atoms with Gasteiger partial charge in [0.25, 0.3) is 11.8 Å². The number of ether oxygens (including phenoxy) is 1. The van der Waals surface area contributed by atoms with Gasteiger partial charge < -0.3 is 15.0 Å². The molecule has 0 aromatic heterocycles. The van der Waals surface area contributed by atoms with E-state index >= 15 is 0 Å². The van der Waals surface area contributed by atoms with Gasteiger partial charge in [0.2, 0.25) is 0 Å². The van der Waals surface area contributed by atoms with Crippen LogP contribution < -0.4 is 5.32 Å². The summed E-state index contributed by atoms with van der Waals surface area (Å²) in [6.07, 6.45) is 1.66. The van der Waals surface area contributed by atoms with Crippen molar-refractivity contribution in [1.82, 2.24) is 15.1 Å². The maximum absolute atomic E-state index is 12.4. The summed E-state index contributed by atoms with van der Waals surface area (Å²) in [5.41, 5.74) is 0.810. The van der Waals surface area contributed by atoms with Crippen molar-refractivity contribution < 1.29 is 23.9 Å². The molecule has 0 atom stereocenters. The average Bonchev–Trinajstić information content (AvgIpc) is 2.95. The van der Waals surface area contributed by atoms with E-state index in [0.717, 1.165) is 4.47 Å². The quantitative estimate of drug-likeness (QED) is 0.395. The van der Waals surface area contributed by atoms with Gasteiger partial charge in [0.15, 0.2) is 0 Å². The van der Waals surface area contributed by atoms with Crippen molar-refractivity contribution in [3.8, 4) is 0 Å². The van der Waals surface area contributed by atoms with E-state index in [1.54, 1.807) is 30.0 Å². The van der Waals surface area contributed by atoms with Gasteiger partial charge in [-0.25, -0.2) is 4.79 Å². The van der Waals surface area contributed by atoms with Crippen molar-refractivity contribution >= 4 is 39.7 Å². The van der Waals surface area contributed by atoms with E-state index < -0.39 is 0 Å². The second kappa shape index (κ2) is 9.39. The summed E-state index contributed by atoms with van der Waals surface area (Å²) in [5, 5.41) is 2.82. The Balaban J connectivity index is 1.40. The van der Waals surface area contributed by atoms with Gasteiger partial charge in [-0.15, -0.1) is 0 Å². The van der Waals surface area contributed by atoms with E-state index in [9.17, 15) is 19.2 Å². The molecule has 1 saturated heterocycles. The predicted molar refractivity (Wildman–Crippen MR) is 108 cm³/mol. The van der Waals surface area contributed by atoms with Crippen LogP contribution in [0.1, 0.15) is 46.9 Å². The van der Waals surface area contributed by atoms with Crippen molar-refractivity contribution in [3.05, 3.63) is 33.8 Å². The normalized spacial score (nSPS) is 16.8. The lowest BCUT2D eigenvalue weighted by molar-refractivity contribution is -0.149. The Morgan fingerprint density at radius 2 is 1.86 bits per heavy atom. The smallest absolute Gasteiger partial charge is 0.317 e. The number of rotatable bonds is 6. The number of benzene rings is 1. The fourth-order valence-corrected chi connectivity index (χ4v) is 3.95. The third-order valence-electron chi connectivity index (χ3n) is 5.17. The maximum atomic E-state index is 12.4. The molecule has 0 saturated carbocycles. The van der Waals surface area contributed by atoms with Gasteiger partial charge >= 0.3 is 12.0 Å². The molecule has 4 amide bonds. The SMILES string of the molecule is CCOC(=O)C1CCN(C(=O)NCCCN2C(=O)c3ccc(Br)cc3C2=O)CC1. The van der Waals surface area contributed by atoms with Gasteiger partial charge in [-0.1, -0.05) is 15.9 Å². The monoisotopic (exact) mass is 465 g/mol. The number of esters is 1. The van der Waals surface area contributed by atoms with E-state index in [1.807, 2.05) is 0 Å². The molecule has 8 nitrogen and oxygen atoms in total. The minimum atomic E-state index is -0.307. The predicted octanol–water partition coefficient (Wildman–Crippen LogP) is 2.42. The molecule has 0 spiro atoms. The van der Waals surface area contributed by atoms with Gasteiger partial charge in [-0.2, -0.15) is 0 Å². The minimum Gasteiger partial charge on any atom is -0.466 e. The zero-order valence-electron chi connectivity index (χ0n) is 16.3. The van der Waals surface area contributed by atoms with Crippen LogP contribution in [0.15, 0.2) is 22.7 Å². The highest BCUT2D eigenvalue weighted by Gasteiger charge is 2.35. The number of carbonyl (C=O) groups excluding carboxylic acids is 4. The number of nitrogens with zero attached hydrogens (tertiary/aromatic N) is 2. The lowest BCUT2D eigenvalue weighted by Crippen LogP contribution is -2.46. The van der Waals surface area contributed by atoms with Crippen molar-refractivity contribution in [1.29, 1.82) is 0 Å². The van der Waals surface area contributed by atoms with Gasteiger partial charge in [0.05, 0.1) is 23.7 Å². The molecule has 1 fully saturated rings. The van der Waals surface area contributed by atoms with Crippen LogP contribution in [0.5, 0.6) is 0 Å². The summed E-state index contributed by atoms with van der Waals surface area (Å²) in [4.78, 5) is 51.7. The van der Waals surface area contributed by atoms with Crippen LogP contribution in [0, 0.1) is 5.92 Å². The lowest BCUT2D eigenvalue weighted by atomic mass is 9.97. The number of carbonyl (C=O) groups is 4. The zero-order chi connectivity index (χ0) is 21.0. The van der Waals surface area contributed by atoms with Gasteiger partial charge in [0, 0.05) is 30.7 Å². The van der Waals surface area contributed by atoms with E-state index in [-0.39, 0.29) is 36.3 Å². The molecule has 3 rings (SSSR count). The number of likely N-dealkylation sites (tertiary alicyclic amines) is 1. The molecule has 1 aromatic carbocycles. The Kier molecular flexibility index (Phi) is 6.89. The number of nitrogens with one attached hydrogen (secondary N) is 1. The van der Waals surface area contributed by atoms with Crippen molar-refractivity contribution in [2.45, 2.75) is 26.2 Å². The number of urea groups is 1. The molecule has 0 radical (unpaired) electrons. The van der Waals surface area contributed by atoms with Crippen molar-refractivity contribution in [2.75, 3.05) is 32.8 Å². The van der Waals surface area contributed by atoms with Crippen LogP contribution in [0.2, 0.25) is 0 Å². The number of hydrogen-bond acceptors (Lipinski definition) is 5. The maximum Gasteiger partial charge on any atom is 0.317 e. The summed E-state index contributed by atoms with van der Waals surface area (Å²) in [6.45, 7) is 3.75. The van der Waals surface area contributed by atoms with E-state index in [2.05, 4.69) is 21.2 Å². The van der Waals surface area contributed by atoms with Crippen LogP contribution in [0.25, 0.3) is 0 Å². The van der Waals surface area contributed by atoms with Crippen LogP contribution in [0.4, 0.5) is 4.79 Å². The van der Waals surface area contributed by atoms with Crippen LogP contribution in [-0.2, 0) is 9.53 Å². The number of imide groups is 1. The molecular formula is C20H24BrN3O5. The Hall–Kier alpha value is -2.42. The van der Waals surface area contributed by atoms with Gasteiger partial charge in [-0.05, 0) is 44.4 Å². The highest BCUT2D eigenvalue weighted by Crippen LogP contribution is 2.26. The first kappa shape index (κ1) is 21.3. The number of halogens is 1. The topological polar surface area (TPSA) is 96.0 Å². The Morgan fingerprint density at radius 1 is 1.17 bits per heavy atom. The summed E-state index contributed by atoms with van der Waals surface area (Å²) < 4.78 is 5.78. The number of piperidine rings is 1. The number of amides is 4. The van der Waals surface area contributed by atoms with Crippen molar-refractivity contribution in [2.24, 2.45) is 5.92 Å². The van der Waals surface area contributed by atoms with Crippen LogP contribution >= 0.6 is 15.9 Å². The summed E-state index contributed by atoms with van der Waals surface area (Å²) in [5.74, 6) is -0.947. The molecule has 2 heterocycles. The lowest BCUT2D eigenvalue weighted by Gasteiger charge is -2.31. The second-order valence-electron chi connectivity index (χ2n) is 7.05. The minimum absolute atomic E-state index is 0.145. The Morgan fingerprint density at radius 3 is 2.55 bits per heavy atom. The average molecular weight is 466 g/mol. The van der Waals surface area contributed by atoms with E-state index in [1.165, 1.54) is 4.90 Å². The molecular weight excluding hydrogens is 442 g/mol. The molecule has 0 bridgehead atoms. The zero-order valence-corrected chi connectivity index (χ0v) is 17.9. The molecule has 1 aromatic rings. The second-order valence-corrected chi connectivity index (χ2v) is 7.97. The third-order valence-corrected chi connectivity index (χ3v) is 5.66. The van der Waals surface area contributed by atoms with Crippen LogP contribution in [-0.4, -0.2) is 66.4 Å². The van der Waals surface area contributed by atoms with Crippen molar-refractivity contribution in [3.63, 3.8) is 0 Å². The molecule has 1 N–H and O–H groups in total. The van der Waals surface area contributed by atoms with Gasteiger partial charge in [-0.3, -0.25) is 19.3 Å². The molecule has 9 heteroatoms. The summed E-state index contributed by atoms with van der Waals surface area (Å²) >= 11 is 3.31. The molecule has 0 unspecified atom stereocenters. The fourth-order valence-electron chi connectivity index (χ4n) is 3.59. The number of hydrogen-bond donors (Lipinski definition) is 1. The molecule has 29 heavy (non-hydrogen) atoms. The molecule has 2 aliphatic rings. The van der Waals surface area contributed by atoms with Gasteiger partial charge in [0.1, 0.15) is 0 Å². The fraction of sp³-hybridized carbons (Fsp3) is 0.500. The summed E-state index contributed by atoms with van der Waals surface area (Å²) in [6, 6.07) is 4.83. The standard InChI is InChI=1S/C20H24BrN3O5/c1-2-29-19(27)13-6-10-23(11-7-13)20(28)22-8-3-9-24-17(25)15-5-4-14(21)12-16(15)18(24)26/h4-5,12-13H,2-3,6-11H2,1H3,(H,22,28). The Bertz CT molecular complexity index is 820. The highest BCUT2D eigenvalue weighted by molar-refractivity contribution is 9.10. The van der Waals surface area contributed by atoms with Crippen LogP contribution in [0.3, 0.4) is 0 Å². The summed E-state index contributed by atoms with van der Waals surface area (Å²) in [7, 11) is 0. The molecule has 2 aliphatic heterocycles. The first-order valence-corrected chi connectivity index (χ1v) is 10.6. The first-order valence-electron chi connectivity index (χ1n) is 9.77. The van der Waals surface area contributed by atoms with E-state index in [4.69, 9.17) is 4.74 Å². The molecule has 156 valence electrons. The Labute approximate surface area is 177 Å². The third kappa shape index (κ3) is 4.77.